The largest absolute Gasteiger partial charge is 1.00 e. The number of aromatic nitrogens is 1. The predicted molar refractivity (Wildman–Crippen MR) is 80.7 cm³/mol. The maximum absolute atomic E-state index is 5.47. The molecule has 0 radical (unpaired) electrons. The Labute approximate surface area is 134 Å². The van der Waals surface area contributed by atoms with Gasteiger partial charge in [0.25, 0.3) is 0 Å². The van der Waals surface area contributed by atoms with Crippen molar-refractivity contribution in [2.75, 3.05) is 13.2 Å². The number of hydrogen-bond donors (Lipinski definition) is 0. The number of hydrogen-bond acceptors (Lipinski definition) is 3. The van der Waals surface area contributed by atoms with Crippen LogP contribution in [0.15, 0.2) is 34.6 Å². The van der Waals surface area contributed by atoms with Crippen molar-refractivity contribution in [3.05, 3.63) is 34.4 Å². The molecule has 0 aliphatic heterocycles. The fourth-order valence-corrected chi connectivity index (χ4v) is 3.05. The van der Waals surface area contributed by atoms with Crippen LogP contribution in [0.2, 0.25) is 0 Å². The highest BCUT2D eigenvalue weighted by molar-refractivity contribution is 7.07. The summed E-state index contributed by atoms with van der Waals surface area (Å²) >= 11 is 1.70. The summed E-state index contributed by atoms with van der Waals surface area (Å²) in [5.41, 5.74) is 2.43. The van der Waals surface area contributed by atoms with E-state index in [-0.39, 0.29) is 17.0 Å². The third-order valence-electron chi connectivity index (χ3n) is 2.87. The van der Waals surface area contributed by atoms with E-state index in [0.717, 1.165) is 23.6 Å². The number of halogens is 1. The number of benzene rings is 1. The van der Waals surface area contributed by atoms with Gasteiger partial charge in [-0.05, 0) is 50.6 Å². The van der Waals surface area contributed by atoms with Gasteiger partial charge >= 0.3 is 0 Å². The molecule has 0 unspecified atom stereocenters. The van der Waals surface area contributed by atoms with Crippen LogP contribution in [0.5, 0.6) is 5.75 Å². The second-order valence-electron chi connectivity index (χ2n) is 4.08. The number of ether oxygens (including phenoxy) is 1. The van der Waals surface area contributed by atoms with E-state index in [2.05, 4.69) is 40.9 Å². The maximum Gasteiger partial charge on any atom is 0.185 e. The standard InChI is InChI=1S/C15H20N2OS.BrH/c1-4-16-15-17(5-2)14(11-19-15)12-7-9-13(10-8-12)18-6-3;/h7-11H,4-6H2,1-3H3;1H/p-1. The average Bonchev–Trinajstić information content (AvgIpc) is 2.83. The summed E-state index contributed by atoms with van der Waals surface area (Å²) in [6.45, 7) is 8.67. The highest BCUT2D eigenvalue weighted by atomic mass is 79.9. The molecule has 0 atom stereocenters. The zero-order chi connectivity index (χ0) is 13.7. The minimum absolute atomic E-state index is 0. The number of rotatable bonds is 5. The van der Waals surface area contributed by atoms with Gasteiger partial charge in [0.1, 0.15) is 5.75 Å². The first-order valence-corrected chi connectivity index (χ1v) is 7.60. The molecule has 0 N–H and O–H groups in total. The van der Waals surface area contributed by atoms with Crippen LogP contribution in [0.25, 0.3) is 11.3 Å². The van der Waals surface area contributed by atoms with Gasteiger partial charge in [0.05, 0.1) is 12.3 Å². The molecule has 1 heterocycles. The van der Waals surface area contributed by atoms with Crippen molar-refractivity contribution >= 4 is 11.3 Å². The Balaban J connectivity index is 0.00000200. The van der Waals surface area contributed by atoms with Crippen molar-refractivity contribution in [3.8, 4) is 17.0 Å². The van der Waals surface area contributed by atoms with E-state index in [1.807, 2.05) is 19.1 Å². The predicted octanol–water partition coefficient (Wildman–Crippen LogP) is 0.560. The lowest BCUT2D eigenvalue weighted by atomic mass is 10.1. The first-order chi connectivity index (χ1) is 9.30. The molecule has 0 aliphatic rings. The van der Waals surface area contributed by atoms with Crippen molar-refractivity contribution in [2.45, 2.75) is 27.3 Å². The molecule has 1 aromatic carbocycles. The van der Waals surface area contributed by atoms with Crippen LogP contribution < -0.4 is 26.5 Å². The fourth-order valence-electron chi connectivity index (χ4n) is 2.01. The van der Waals surface area contributed by atoms with Crippen molar-refractivity contribution in [1.82, 2.24) is 4.57 Å². The molecule has 110 valence electrons. The van der Waals surface area contributed by atoms with E-state index in [4.69, 9.17) is 4.74 Å². The van der Waals surface area contributed by atoms with Gasteiger partial charge in [-0.3, -0.25) is 4.99 Å². The van der Waals surface area contributed by atoms with Crippen LogP contribution in [0.3, 0.4) is 0 Å². The van der Waals surface area contributed by atoms with Crippen LogP contribution in [-0.4, -0.2) is 17.7 Å². The molecule has 0 spiro atoms. The number of nitrogens with zero attached hydrogens (tertiary/aromatic N) is 2. The van der Waals surface area contributed by atoms with Gasteiger partial charge in [-0.25, -0.2) is 0 Å². The van der Waals surface area contributed by atoms with Gasteiger partial charge < -0.3 is 26.3 Å². The summed E-state index contributed by atoms with van der Waals surface area (Å²) in [7, 11) is 0. The lowest BCUT2D eigenvalue weighted by Crippen LogP contribution is -3.00. The van der Waals surface area contributed by atoms with Crippen molar-refractivity contribution < 1.29 is 21.7 Å². The smallest absolute Gasteiger partial charge is 0.185 e. The summed E-state index contributed by atoms with van der Waals surface area (Å²) in [5.74, 6) is 0.919. The SMILES string of the molecule is CCN=c1scc(-c2ccc(OCC)cc2)n1CC.[Br-]. The van der Waals surface area contributed by atoms with E-state index in [0.29, 0.717) is 6.61 Å². The van der Waals surface area contributed by atoms with Crippen LogP contribution in [0.1, 0.15) is 20.8 Å². The molecule has 3 nitrogen and oxygen atoms in total. The topological polar surface area (TPSA) is 26.5 Å². The Bertz CT molecular complexity index is 587. The molecule has 20 heavy (non-hydrogen) atoms. The van der Waals surface area contributed by atoms with E-state index < -0.39 is 0 Å². The third-order valence-corrected chi connectivity index (χ3v) is 3.77. The second kappa shape index (κ2) is 8.27. The van der Waals surface area contributed by atoms with Crippen LogP contribution >= 0.6 is 11.3 Å². The van der Waals surface area contributed by atoms with Gasteiger partial charge in [-0.1, -0.05) is 0 Å². The average molecular weight is 356 g/mol. The molecular weight excluding hydrogens is 336 g/mol. The fraction of sp³-hybridized carbons (Fsp3) is 0.400. The molecule has 1 aromatic heterocycles. The monoisotopic (exact) mass is 355 g/mol. The first kappa shape index (κ1) is 17.0. The maximum atomic E-state index is 5.47. The van der Waals surface area contributed by atoms with Crippen LogP contribution in [-0.2, 0) is 6.54 Å². The van der Waals surface area contributed by atoms with E-state index in [1.165, 1.54) is 11.3 Å². The Kier molecular flexibility index (Phi) is 7.02. The summed E-state index contributed by atoms with van der Waals surface area (Å²) in [6, 6.07) is 8.25. The first-order valence-electron chi connectivity index (χ1n) is 6.72. The van der Waals surface area contributed by atoms with Gasteiger partial charge in [0.15, 0.2) is 4.80 Å². The van der Waals surface area contributed by atoms with Crippen LogP contribution in [0, 0.1) is 0 Å². The lowest BCUT2D eigenvalue weighted by molar-refractivity contribution is -0.00000456. The normalized spacial score (nSPS) is 11.2. The summed E-state index contributed by atoms with van der Waals surface area (Å²) in [5, 5.41) is 2.17. The summed E-state index contributed by atoms with van der Waals surface area (Å²) in [6.07, 6.45) is 0. The van der Waals surface area contributed by atoms with Crippen molar-refractivity contribution in [1.29, 1.82) is 0 Å². The van der Waals surface area contributed by atoms with Gasteiger partial charge in [-0.15, -0.1) is 11.3 Å². The van der Waals surface area contributed by atoms with E-state index in [9.17, 15) is 0 Å². The Morgan fingerprint density at radius 1 is 1.15 bits per heavy atom. The molecule has 2 aromatic rings. The Hall–Kier alpha value is -1.07. The molecule has 0 saturated heterocycles. The van der Waals surface area contributed by atoms with E-state index in [1.54, 1.807) is 11.3 Å². The Morgan fingerprint density at radius 3 is 2.40 bits per heavy atom. The quantitative estimate of drug-likeness (QED) is 0.769. The van der Waals surface area contributed by atoms with Crippen LogP contribution in [0.4, 0.5) is 0 Å². The minimum Gasteiger partial charge on any atom is -1.00 e. The number of thiazole rings is 1. The van der Waals surface area contributed by atoms with Crippen molar-refractivity contribution in [2.24, 2.45) is 4.99 Å². The molecule has 0 fully saturated rings. The molecule has 0 aliphatic carbocycles. The molecule has 0 amide bonds. The lowest BCUT2D eigenvalue weighted by Gasteiger charge is -2.07. The van der Waals surface area contributed by atoms with Crippen molar-refractivity contribution in [3.63, 3.8) is 0 Å². The molecule has 5 heteroatoms. The van der Waals surface area contributed by atoms with Gasteiger partial charge in [0, 0.05) is 18.5 Å². The zero-order valence-electron chi connectivity index (χ0n) is 12.1. The highest BCUT2D eigenvalue weighted by Gasteiger charge is 2.06. The summed E-state index contributed by atoms with van der Waals surface area (Å²) in [4.78, 5) is 5.62. The minimum atomic E-state index is 0. The molecular formula is C15H20BrN2OS-. The zero-order valence-corrected chi connectivity index (χ0v) is 14.5. The molecule has 0 bridgehead atoms. The second-order valence-corrected chi connectivity index (χ2v) is 4.92. The Morgan fingerprint density at radius 2 is 1.85 bits per heavy atom. The van der Waals surface area contributed by atoms with E-state index >= 15 is 0 Å². The molecule has 2 rings (SSSR count). The third kappa shape index (κ3) is 3.73. The highest BCUT2D eigenvalue weighted by Crippen LogP contribution is 2.23. The summed E-state index contributed by atoms with van der Waals surface area (Å²) < 4.78 is 7.73. The van der Waals surface area contributed by atoms with Gasteiger partial charge in [0.2, 0.25) is 0 Å². The van der Waals surface area contributed by atoms with Gasteiger partial charge in [-0.2, -0.15) is 0 Å². The molecule has 0 saturated carbocycles.